The van der Waals surface area contributed by atoms with Gasteiger partial charge in [0.1, 0.15) is 0 Å². The predicted octanol–water partition coefficient (Wildman–Crippen LogP) is 3.03. The lowest BCUT2D eigenvalue weighted by atomic mass is 9.88. The summed E-state index contributed by atoms with van der Waals surface area (Å²) in [5.74, 6) is 0. The van der Waals surface area contributed by atoms with Gasteiger partial charge in [0.15, 0.2) is 0 Å². The van der Waals surface area contributed by atoms with Crippen molar-refractivity contribution in [2.75, 3.05) is 19.6 Å². The van der Waals surface area contributed by atoms with Crippen LogP contribution in [0, 0.1) is 0 Å². The molecule has 0 bridgehead atoms. The number of nitrogens with one attached hydrogen (secondary N) is 1. The lowest BCUT2D eigenvalue weighted by Gasteiger charge is -2.45. The van der Waals surface area contributed by atoms with Crippen LogP contribution in [0.25, 0.3) is 0 Å². The number of hydrogen-bond donors (Lipinski definition) is 1. The fourth-order valence-electron chi connectivity index (χ4n) is 3.01. The highest BCUT2D eigenvalue weighted by molar-refractivity contribution is 4.89. The van der Waals surface area contributed by atoms with Gasteiger partial charge in [0.25, 0.3) is 0 Å². The molecule has 0 saturated carbocycles. The fourth-order valence-corrected chi connectivity index (χ4v) is 3.01. The Bertz CT molecular complexity index is 185. The Hall–Kier alpha value is -0.0800. The zero-order chi connectivity index (χ0) is 12.0. The Morgan fingerprint density at radius 2 is 1.81 bits per heavy atom. The maximum absolute atomic E-state index is 3.58. The summed E-state index contributed by atoms with van der Waals surface area (Å²) in [5, 5.41) is 3.58. The first kappa shape index (κ1) is 14.0. The van der Waals surface area contributed by atoms with E-state index in [1.165, 1.54) is 45.2 Å². The van der Waals surface area contributed by atoms with E-state index in [1.807, 2.05) is 0 Å². The van der Waals surface area contributed by atoms with Crippen molar-refractivity contribution in [2.45, 2.75) is 71.4 Å². The Balaban J connectivity index is 2.44. The summed E-state index contributed by atoms with van der Waals surface area (Å²) < 4.78 is 0. The van der Waals surface area contributed by atoms with E-state index < -0.39 is 0 Å². The van der Waals surface area contributed by atoms with Crippen LogP contribution in [0.3, 0.4) is 0 Å². The smallest absolute Gasteiger partial charge is 0.0178 e. The second-order valence-corrected chi connectivity index (χ2v) is 5.42. The molecule has 2 heteroatoms. The molecule has 0 spiro atoms. The molecule has 0 radical (unpaired) electrons. The van der Waals surface area contributed by atoms with E-state index in [0.717, 1.165) is 12.6 Å². The SMILES string of the molecule is CCCC(C)(CC)N1CCC(NCC)CC1. The summed E-state index contributed by atoms with van der Waals surface area (Å²) in [7, 11) is 0. The lowest BCUT2D eigenvalue weighted by molar-refractivity contribution is 0.0588. The van der Waals surface area contributed by atoms with Crippen LogP contribution in [-0.2, 0) is 0 Å². The summed E-state index contributed by atoms with van der Waals surface area (Å²) in [4.78, 5) is 2.73. The molecule has 1 saturated heterocycles. The molecular formula is C14H30N2. The molecule has 1 aliphatic heterocycles. The minimum atomic E-state index is 0.450. The zero-order valence-corrected chi connectivity index (χ0v) is 11.7. The molecule has 0 aromatic heterocycles. The zero-order valence-electron chi connectivity index (χ0n) is 11.7. The Morgan fingerprint density at radius 1 is 1.19 bits per heavy atom. The molecule has 0 aromatic rings. The fraction of sp³-hybridized carbons (Fsp3) is 1.00. The molecule has 16 heavy (non-hydrogen) atoms. The number of nitrogens with zero attached hydrogens (tertiary/aromatic N) is 1. The number of likely N-dealkylation sites (tertiary alicyclic amines) is 1. The summed E-state index contributed by atoms with van der Waals surface area (Å²) in [6.45, 7) is 13.0. The van der Waals surface area contributed by atoms with Crippen molar-refractivity contribution in [3.8, 4) is 0 Å². The van der Waals surface area contributed by atoms with Crippen LogP contribution in [0.15, 0.2) is 0 Å². The molecule has 1 heterocycles. The van der Waals surface area contributed by atoms with Gasteiger partial charge in [-0.1, -0.05) is 27.2 Å². The van der Waals surface area contributed by atoms with Gasteiger partial charge >= 0.3 is 0 Å². The van der Waals surface area contributed by atoms with Crippen LogP contribution in [0.2, 0.25) is 0 Å². The largest absolute Gasteiger partial charge is 0.314 e. The summed E-state index contributed by atoms with van der Waals surface area (Å²) in [5.41, 5.74) is 0.450. The third kappa shape index (κ3) is 3.46. The lowest BCUT2D eigenvalue weighted by Crippen LogP contribution is -2.52. The van der Waals surface area contributed by atoms with Gasteiger partial charge in [0, 0.05) is 24.7 Å². The van der Waals surface area contributed by atoms with E-state index in [0.29, 0.717) is 5.54 Å². The molecule has 96 valence electrons. The van der Waals surface area contributed by atoms with Gasteiger partial charge in [0.2, 0.25) is 0 Å². The van der Waals surface area contributed by atoms with Crippen LogP contribution >= 0.6 is 0 Å². The summed E-state index contributed by atoms with van der Waals surface area (Å²) in [6, 6.07) is 0.768. The maximum atomic E-state index is 3.58. The highest BCUT2D eigenvalue weighted by Crippen LogP contribution is 2.28. The van der Waals surface area contributed by atoms with Crippen molar-refractivity contribution in [1.82, 2.24) is 10.2 Å². The molecule has 2 nitrogen and oxygen atoms in total. The number of rotatable bonds is 6. The Kier molecular flexibility index (Phi) is 5.77. The van der Waals surface area contributed by atoms with E-state index in [-0.39, 0.29) is 0 Å². The van der Waals surface area contributed by atoms with E-state index in [2.05, 4.69) is 37.9 Å². The van der Waals surface area contributed by atoms with E-state index in [1.54, 1.807) is 0 Å². The van der Waals surface area contributed by atoms with Crippen LogP contribution in [-0.4, -0.2) is 36.1 Å². The van der Waals surface area contributed by atoms with Crippen LogP contribution in [0.4, 0.5) is 0 Å². The third-order valence-electron chi connectivity index (χ3n) is 4.30. The maximum Gasteiger partial charge on any atom is 0.0178 e. The van der Waals surface area contributed by atoms with Gasteiger partial charge < -0.3 is 5.32 Å². The van der Waals surface area contributed by atoms with Gasteiger partial charge in [-0.2, -0.15) is 0 Å². The minimum absolute atomic E-state index is 0.450. The average molecular weight is 226 g/mol. The molecule has 0 aromatic carbocycles. The van der Waals surface area contributed by atoms with Gasteiger partial charge in [-0.25, -0.2) is 0 Å². The average Bonchev–Trinajstić information content (AvgIpc) is 2.30. The molecule has 0 aliphatic carbocycles. The van der Waals surface area contributed by atoms with Crippen molar-refractivity contribution < 1.29 is 0 Å². The van der Waals surface area contributed by atoms with Crippen LogP contribution in [0.1, 0.15) is 59.8 Å². The first-order chi connectivity index (χ1) is 7.66. The second-order valence-electron chi connectivity index (χ2n) is 5.42. The molecule has 0 amide bonds. The topological polar surface area (TPSA) is 15.3 Å². The quantitative estimate of drug-likeness (QED) is 0.749. The first-order valence-corrected chi connectivity index (χ1v) is 7.14. The summed E-state index contributed by atoms with van der Waals surface area (Å²) >= 11 is 0. The minimum Gasteiger partial charge on any atom is -0.314 e. The normalized spacial score (nSPS) is 23.2. The van der Waals surface area contributed by atoms with Crippen molar-refractivity contribution in [3.63, 3.8) is 0 Å². The molecule has 1 aliphatic rings. The Morgan fingerprint density at radius 3 is 2.25 bits per heavy atom. The van der Waals surface area contributed by atoms with E-state index in [9.17, 15) is 0 Å². The molecule has 1 unspecified atom stereocenters. The molecule has 1 atom stereocenters. The molecule has 1 rings (SSSR count). The molecule has 1 N–H and O–H groups in total. The number of hydrogen-bond acceptors (Lipinski definition) is 2. The van der Waals surface area contributed by atoms with Gasteiger partial charge in [-0.3, -0.25) is 4.90 Å². The Labute approximate surface area is 102 Å². The van der Waals surface area contributed by atoms with Crippen molar-refractivity contribution in [1.29, 1.82) is 0 Å². The van der Waals surface area contributed by atoms with Crippen molar-refractivity contribution in [3.05, 3.63) is 0 Å². The molecule has 1 fully saturated rings. The summed E-state index contributed by atoms with van der Waals surface area (Å²) in [6.07, 6.45) is 6.58. The number of piperidine rings is 1. The second kappa shape index (κ2) is 6.61. The van der Waals surface area contributed by atoms with Gasteiger partial charge in [-0.15, -0.1) is 0 Å². The highest BCUT2D eigenvalue weighted by atomic mass is 15.2. The monoisotopic (exact) mass is 226 g/mol. The molecular weight excluding hydrogens is 196 g/mol. The van der Waals surface area contributed by atoms with Gasteiger partial charge in [-0.05, 0) is 39.2 Å². The van der Waals surface area contributed by atoms with Gasteiger partial charge in [0.05, 0.1) is 0 Å². The van der Waals surface area contributed by atoms with Crippen molar-refractivity contribution in [2.24, 2.45) is 0 Å². The van der Waals surface area contributed by atoms with Crippen LogP contribution < -0.4 is 5.32 Å². The third-order valence-corrected chi connectivity index (χ3v) is 4.30. The standard InChI is InChI=1S/C14H30N2/c1-5-10-14(4,6-2)16-11-8-13(9-12-16)15-7-3/h13,15H,5-12H2,1-4H3. The first-order valence-electron chi connectivity index (χ1n) is 7.14. The van der Waals surface area contributed by atoms with Crippen LogP contribution in [0.5, 0.6) is 0 Å². The van der Waals surface area contributed by atoms with Crippen molar-refractivity contribution >= 4 is 0 Å². The highest BCUT2D eigenvalue weighted by Gasteiger charge is 2.31. The van der Waals surface area contributed by atoms with E-state index >= 15 is 0 Å². The predicted molar refractivity (Wildman–Crippen MR) is 71.9 cm³/mol. The van der Waals surface area contributed by atoms with E-state index in [4.69, 9.17) is 0 Å².